The Morgan fingerprint density at radius 3 is 2.42 bits per heavy atom. The van der Waals surface area contributed by atoms with Crippen LogP contribution in [0.15, 0.2) is 42.5 Å². The van der Waals surface area contributed by atoms with Crippen molar-refractivity contribution in [3.8, 4) is 11.3 Å². The highest BCUT2D eigenvalue weighted by atomic mass is 14.9. The first kappa shape index (κ1) is 17.3. The molecule has 1 aromatic heterocycles. The van der Waals surface area contributed by atoms with Gasteiger partial charge in [-0.1, -0.05) is 43.4 Å². The second-order valence-electron chi connectivity index (χ2n) is 8.28. The zero-order valence-electron chi connectivity index (χ0n) is 16.6. The number of aromatic nitrogens is 1. The third kappa shape index (κ3) is 3.16. The standard InChI is InChI=1S/C25H30N/c1-17-13-18(2)19(3)23(14-17)24-12-11-22-10-9-21(16-25(22)26(24)4)15-20-7-5-6-8-20/h9-14,16,20H,5-8,15H2,1-4H3/q+1. The van der Waals surface area contributed by atoms with Gasteiger partial charge in [-0.3, -0.25) is 0 Å². The maximum Gasteiger partial charge on any atom is 0.213 e. The molecule has 1 heterocycles. The summed E-state index contributed by atoms with van der Waals surface area (Å²) in [6.07, 6.45) is 6.89. The maximum atomic E-state index is 2.43. The van der Waals surface area contributed by atoms with Crippen molar-refractivity contribution in [1.29, 1.82) is 0 Å². The highest BCUT2D eigenvalue weighted by Gasteiger charge is 2.19. The Morgan fingerprint density at radius 1 is 0.923 bits per heavy atom. The second kappa shape index (κ2) is 6.87. The SMILES string of the molecule is Cc1cc(C)c(C)c(-c2ccc3ccc(CC4CCCC4)cc3[n+]2C)c1. The molecule has 1 nitrogen and oxygen atoms in total. The maximum absolute atomic E-state index is 2.43. The van der Waals surface area contributed by atoms with Gasteiger partial charge in [-0.05, 0) is 68.0 Å². The van der Waals surface area contributed by atoms with Gasteiger partial charge in [0.15, 0.2) is 0 Å². The van der Waals surface area contributed by atoms with E-state index in [1.807, 2.05) is 0 Å². The Labute approximate surface area is 157 Å². The molecule has 0 saturated heterocycles. The summed E-state index contributed by atoms with van der Waals surface area (Å²) < 4.78 is 2.38. The molecule has 134 valence electrons. The Morgan fingerprint density at radius 2 is 1.65 bits per heavy atom. The first-order valence-electron chi connectivity index (χ1n) is 10.0. The molecule has 1 saturated carbocycles. The highest BCUT2D eigenvalue weighted by molar-refractivity contribution is 5.79. The molecule has 1 aliphatic carbocycles. The van der Waals surface area contributed by atoms with E-state index in [0.29, 0.717) is 0 Å². The van der Waals surface area contributed by atoms with Gasteiger partial charge >= 0.3 is 0 Å². The summed E-state index contributed by atoms with van der Waals surface area (Å²) in [5.41, 5.74) is 9.58. The fraction of sp³-hybridized carbons (Fsp3) is 0.400. The molecule has 0 radical (unpaired) electrons. The Kier molecular flexibility index (Phi) is 4.56. The van der Waals surface area contributed by atoms with Crippen molar-refractivity contribution < 1.29 is 4.57 Å². The van der Waals surface area contributed by atoms with Gasteiger partial charge in [-0.25, -0.2) is 0 Å². The lowest BCUT2D eigenvalue weighted by molar-refractivity contribution is -0.633. The number of fused-ring (bicyclic) bond motifs is 1. The molecule has 0 spiro atoms. The highest BCUT2D eigenvalue weighted by Crippen LogP contribution is 2.30. The lowest BCUT2D eigenvalue weighted by Gasteiger charge is -2.12. The molecule has 1 fully saturated rings. The van der Waals surface area contributed by atoms with Crippen LogP contribution >= 0.6 is 0 Å². The van der Waals surface area contributed by atoms with Crippen LogP contribution in [-0.4, -0.2) is 0 Å². The summed E-state index contributed by atoms with van der Waals surface area (Å²) in [4.78, 5) is 0. The lowest BCUT2D eigenvalue weighted by Crippen LogP contribution is -2.32. The van der Waals surface area contributed by atoms with Crippen molar-refractivity contribution in [2.45, 2.75) is 52.9 Å². The molecule has 26 heavy (non-hydrogen) atoms. The molecular formula is C25H30N+. The fourth-order valence-electron chi connectivity index (χ4n) is 4.68. The lowest BCUT2D eigenvalue weighted by atomic mass is 9.95. The predicted molar refractivity (Wildman–Crippen MR) is 110 cm³/mol. The number of hydrogen-bond acceptors (Lipinski definition) is 0. The number of hydrogen-bond donors (Lipinski definition) is 0. The average molecular weight is 345 g/mol. The molecule has 0 atom stereocenters. The van der Waals surface area contributed by atoms with E-state index in [4.69, 9.17) is 0 Å². The van der Waals surface area contributed by atoms with E-state index in [9.17, 15) is 0 Å². The normalized spacial score (nSPS) is 15.1. The summed E-state index contributed by atoms with van der Waals surface area (Å²) >= 11 is 0. The number of benzene rings is 2. The van der Waals surface area contributed by atoms with Crippen LogP contribution in [0.1, 0.15) is 47.9 Å². The van der Waals surface area contributed by atoms with Gasteiger partial charge < -0.3 is 0 Å². The van der Waals surface area contributed by atoms with Crippen molar-refractivity contribution in [1.82, 2.24) is 0 Å². The molecule has 0 bridgehead atoms. The van der Waals surface area contributed by atoms with Crippen molar-refractivity contribution >= 4 is 10.9 Å². The molecule has 0 aliphatic heterocycles. The number of rotatable bonds is 3. The topological polar surface area (TPSA) is 3.88 Å². The zero-order valence-corrected chi connectivity index (χ0v) is 16.6. The quantitative estimate of drug-likeness (QED) is 0.514. The molecule has 0 unspecified atom stereocenters. The van der Waals surface area contributed by atoms with E-state index in [1.54, 1.807) is 0 Å². The first-order valence-corrected chi connectivity index (χ1v) is 10.0. The Balaban J connectivity index is 1.80. The van der Waals surface area contributed by atoms with E-state index >= 15 is 0 Å². The minimum atomic E-state index is 0.891. The molecule has 1 aliphatic rings. The van der Waals surface area contributed by atoms with E-state index in [2.05, 4.69) is 74.9 Å². The predicted octanol–water partition coefficient (Wildman–Crippen LogP) is 5.99. The van der Waals surface area contributed by atoms with Crippen LogP contribution in [0.3, 0.4) is 0 Å². The van der Waals surface area contributed by atoms with E-state index in [1.165, 1.54) is 76.5 Å². The van der Waals surface area contributed by atoms with Gasteiger partial charge in [0.25, 0.3) is 0 Å². The van der Waals surface area contributed by atoms with E-state index in [-0.39, 0.29) is 0 Å². The first-order chi connectivity index (χ1) is 12.5. The van der Waals surface area contributed by atoms with Gasteiger partial charge in [0.1, 0.15) is 7.05 Å². The van der Waals surface area contributed by atoms with Crippen molar-refractivity contribution in [3.05, 3.63) is 64.7 Å². The van der Waals surface area contributed by atoms with Gasteiger partial charge in [-0.2, -0.15) is 4.57 Å². The van der Waals surface area contributed by atoms with Gasteiger partial charge in [-0.15, -0.1) is 0 Å². The fourth-order valence-corrected chi connectivity index (χ4v) is 4.68. The van der Waals surface area contributed by atoms with Gasteiger partial charge in [0.2, 0.25) is 11.2 Å². The average Bonchev–Trinajstić information content (AvgIpc) is 3.12. The van der Waals surface area contributed by atoms with Crippen LogP contribution < -0.4 is 4.57 Å². The summed E-state index contributed by atoms with van der Waals surface area (Å²) in [5.74, 6) is 0.891. The summed E-state index contributed by atoms with van der Waals surface area (Å²) in [6, 6.07) is 16.2. The zero-order chi connectivity index (χ0) is 18.3. The third-order valence-electron chi connectivity index (χ3n) is 6.33. The largest absolute Gasteiger partial charge is 0.213 e. The van der Waals surface area contributed by atoms with Crippen molar-refractivity contribution in [2.75, 3.05) is 0 Å². The number of pyridine rings is 1. The molecule has 2 aromatic carbocycles. The van der Waals surface area contributed by atoms with Crippen LogP contribution in [0.2, 0.25) is 0 Å². The van der Waals surface area contributed by atoms with Gasteiger partial charge in [0.05, 0.1) is 0 Å². The molecule has 0 amide bonds. The molecule has 1 heteroatoms. The monoisotopic (exact) mass is 344 g/mol. The minimum Gasteiger partial charge on any atom is -0.194 e. The van der Waals surface area contributed by atoms with Crippen LogP contribution in [0.5, 0.6) is 0 Å². The summed E-state index contributed by atoms with van der Waals surface area (Å²) in [6.45, 7) is 6.65. The van der Waals surface area contributed by atoms with Crippen molar-refractivity contribution in [3.63, 3.8) is 0 Å². The second-order valence-corrected chi connectivity index (χ2v) is 8.28. The Hall–Kier alpha value is -2.15. The number of aryl methyl sites for hydroxylation is 3. The third-order valence-corrected chi connectivity index (χ3v) is 6.33. The van der Waals surface area contributed by atoms with Crippen LogP contribution in [0, 0.1) is 26.7 Å². The molecule has 0 N–H and O–H groups in total. The smallest absolute Gasteiger partial charge is 0.194 e. The van der Waals surface area contributed by atoms with E-state index in [0.717, 1.165) is 5.92 Å². The number of nitrogens with zero attached hydrogens (tertiary/aromatic N) is 1. The summed E-state index contributed by atoms with van der Waals surface area (Å²) in [5, 5.41) is 1.33. The minimum absolute atomic E-state index is 0.891. The molecular weight excluding hydrogens is 314 g/mol. The van der Waals surface area contributed by atoms with Crippen LogP contribution in [0.25, 0.3) is 22.2 Å². The molecule has 3 aromatic rings. The van der Waals surface area contributed by atoms with Crippen LogP contribution in [-0.2, 0) is 13.5 Å². The Bertz CT molecular complexity index is 962. The van der Waals surface area contributed by atoms with E-state index < -0.39 is 0 Å². The van der Waals surface area contributed by atoms with Crippen LogP contribution in [0.4, 0.5) is 0 Å². The molecule has 4 rings (SSSR count). The van der Waals surface area contributed by atoms with Gasteiger partial charge in [0, 0.05) is 23.1 Å². The van der Waals surface area contributed by atoms with Crippen molar-refractivity contribution in [2.24, 2.45) is 13.0 Å². The summed E-state index contributed by atoms with van der Waals surface area (Å²) in [7, 11) is 2.22.